The monoisotopic (exact) mass is 653 g/mol. The van der Waals surface area contributed by atoms with Gasteiger partial charge in [-0.15, -0.1) is 5.92 Å². The second-order valence-electron chi connectivity index (χ2n) is 10.5. The van der Waals surface area contributed by atoms with Gasteiger partial charge in [0.25, 0.3) is 5.56 Å². The zero-order chi connectivity index (χ0) is 33.0. The summed E-state index contributed by atoms with van der Waals surface area (Å²) in [5.74, 6) is 5.29. The van der Waals surface area contributed by atoms with Gasteiger partial charge in [-0.2, -0.15) is 13.2 Å². The number of alkyl halides is 3. The summed E-state index contributed by atoms with van der Waals surface area (Å²) in [6.45, 7) is 1.40. The molecule has 2 heterocycles. The molecule has 1 aliphatic heterocycles. The zero-order valence-corrected chi connectivity index (χ0v) is 26.4. The van der Waals surface area contributed by atoms with Crippen molar-refractivity contribution in [3.8, 4) is 23.3 Å². The van der Waals surface area contributed by atoms with Crippen LogP contribution in [0.5, 0.6) is 11.5 Å². The first-order chi connectivity index (χ1) is 22.1. The quantitative estimate of drug-likeness (QED) is 0.0898. The molecule has 0 spiro atoms. The van der Waals surface area contributed by atoms with Gasteiger partial charge in [0.1, 0.15) is 11.5 Å². The number of ether oxygens (including phenoxy) is 3. The summed E-state index contributed by atoms with van der Waals surface area (Å²) >= 11 is 1.18. The summed E-state index contributed by atoms with van der Waals surface area (Å²) in [7, 11) is 3.08. The number of anilines is 1. The number of nitrogens with zero attached hydrogens (tertiary/aromatic N) is 2. The minimum absolute atomic E-state index is 0.0783. The van der Waals surface area contributed by atoms with E-state index in [0.29, 0.717) is 16.7 Å². The lowest BCUT2D eigenvalue weighted by Gasteiger charge is -2.32. The highest BCUT2D eigenvalue weighted by molar-refractivity contribution is 7.98. The fourth-order valence-electron chi connectivity index (χ4n) is 5.40. The maximum absolute atomic E-state index is 17.0. The Bertz CT molecular complexity index is 1780. The molecule has 3 aromatic carbocycles. The number of hydrogen-bond donors (Lipinski definition) is 1. The van der Waals surface area contributed by atoms with Gasteiger partial charge in [0.05, 0.1) is 49.4 Å². The van der Waals surface area contributed by atoms with Gasteiger partial charge in [0, 0.05) is 30.6 Å². The fraction of sp³-hybridized carbons (Fsp3) is 0.294. The van der Waals surface area contributed by atoms with Crippen molar-refractivity contribution in [3.05, 3.63) is 110 Å². The van der Waals surface area contributed by atoms with Crippen LogP contribution >= 0.6 is 11.8 Å². The SMILES string of the molecule is CC#Cc1cc(N(Cc2ccc(OC)cc2)Cc2ccc(OC)cc2)c(F)c(C2Cc3nc(SC)[nH]c(=O)c3CO2)c1C(F)(F)F. The third kappa shape index (κ3) is 7.00. The number of hydrogen-bond acceptors (Lipinski definition) is 7. The van der Waals surface area contributed by atoms with Gasteiger partial charge in [-0.1, -0.05) is 41.9 Å². The highest BCUT2D eigenvalue weighted by atomic mass is 32.2. The molecule has 1 aliphatic rings. The largest absolute Gasteiger partial charge is 0.497 e. The number of aromatic amines is 1. The maximum Gasteiger partial charge on any atom is 0.418 e. The van der Waals surface area contributed by atoms with Gasteiger partial charge in [0.2, 0.25) is 0 Å². The number of fused-ring (bicyclic) bond motifs is 1. The Hall–Kier alpha value is -4.47. The molecule has 5 rings (SSSR count). The van der Waals surface area contributed by atoms with Crippen molar-refractivity contribution in [3.63, 3.8) is 0 Å². The Kier molecular flexibility index (Phi) is 9.94. The molecule has 0 bridgehead atoms. The summed E-state index contributed by atoms with van der Waals surface area (Å²) in [5, 5.41) is 0.303. The van der Waals surface area contributed by atoms with Crippen LogP contribution in [0.1, 0.15) is 52.1 Å². The van der Waals surface area contributed by atoms with Gasteiger partial charge in [0.15, 0.2) is 11.0 Å². The standard InChI is InChI=1S/C34H31F4N3O4S/c1-5-6-22-15-27(41(17-20-7-11-23(43-2)12-8-20)18-21-9-13-24(44-3)14-10-21)31(35)29(30(22)34(36,37)38)28-16-26-25(19-45-28)32(42)40-33(39-26)46-4/h7-15,28H,16-19H2,1-4H3,(H,39,40,42). The van der Waals surface area contributed by atoms with E-state index in [2.05, 4.69) is 21.8 Å². The van der Waals surface area contributed by atoms with Crippen LogP contribution in [0.3, 0.4) is 0 Å². The first-order valence-corrected chi connectivity index (χ1v) is 15.4. The summed E-state index contributed by atoms with van der Waals surface area (Å²) < 4.78 is 77.7. The van der Waals surface area contributed by atoms with Gasteiger partial charge in [-0.05, 0) is 54.6 Å². The van der Waals surface area contributed by atoms with E-state index in [9.17, 15) is 18.0 Å². The van der Waals surface area contributed by atoms with Crippen LogP contribution in [-0.4, -0.2) is 30.4 Å². The second-order valence-corrected chi connectivity index (χ2v) is 11.3. The van der Waals surface area contributed by atoms with Crippen LogP contribution in [0.25, 0.3) is 0 Å². The van der Waals surface area contributed by atoms with E-state index >= 15 is 4.39 Å². The Labute approximate surface area is 267 Å². The smallest absolute Gasteiger partial charge is 0.418 e. The first kappa shape index (κ1) is 32.9. The lowest BCUT2D eigenvalue weighted by atomic mass is 9.90. The summed E-state index contributed by atoms with van der Waals surface area (Å²) in [5.41, 5.74) is -0.772. The molecule has 0 radical (unpaired) electrons. The van der Waals surface area contributed by atoms with Crippen molar-refractivity contribution in [2.75, 3.05) is 25.4 Å². The normalized spacial score (nSPS) is 14.2. The van der Waals surface area contributed by atoms with Crippen LogP contribution in [0.2, 0.25) is 0 Å². The van der Waals surface area contributed by atoms with Crippen molar-refractivity contribution >= 4 is 17.4 Å². The molecule has 1 aromatic heterocycles. The maximum atomic E-state index is 17.0. The third-order valence-electron chi connectivity index (χ3n) is 7.63. The van der Waals surface area contributed by atoms with Crippen LogP contribution in [0.15, 0.2) is 64.5 Å². The molecule has 46 heavy (non-hydrogen) atoms. The number of nitrogens with one attached hydrogen (secondary N) is 1. The van der Waals surface area contributed by atoms with Crippen molar-refractivity contribution in [1.82, 2.24) is 9.97 Å². The van der Waals surface area contributed by atoms with E-state index in [-0.39, 0.29) is 48.6 Å². The molecule has 1 N–H and O–H groups in total. The van der Waals surface area contributed by atoms with Gasteiger partial charge >= 0.3 is 6.18 Å². The lowest BCUT2D eigenvalue weighted by molar-refractivity contribution is -0.140. The van der Waals surface area contributed by atoms with Crippen molar-refractivity contribution in [2.45, 2.75) is 50.5 Å². The molecule has 1 unspecified atom stereocenters. The minimum atomic E-state index is -4.96. The van der Waals surface area contributed by atoms with Gasteiger partial charge < -0.3 is 24.1 Å². The Balaban J connectivity index is 1.69. The molecule has 240 valence electrons. The summed E-state index contributed by atoms with van der Waals surface area (Å²) in [6.07, 6.45) is -4.86. The molecule has 0 saturated heterocycles. The molecule has 0 saturated carbocycles. The molecule has 0 aliphatic carbocycles. The Morgan fingerprint density at radius 2 is 1.63 bits per heavy atom. The number of aromatic nitrogens is 2. The average molecular weight is 654 g/mol. The van der Waals surface area contributed by atoms with Crippen molar-refractivity contribution in [1.29, 1.82) is 0 Å². The van der Waals surface area contributed by atoms with E-state index in [0.717, 1.165) is 17.2 Å². The molecular weight excluding hydrogens is 622 g/mol. The third-order valence-corrected chi connectivity index (χ3v) is 8.21. The molecule has 12 heteroatoms. The van der Waals surface area contributed by atoms with E-state index in [1.54, 1.807) is 49.6 Å². The Morgan fingerprint density at radius 1 is 1.04 bits per heavy atom. The topological polar surface area (TPSA) is 76.7 Å². The van der Waals surface area contributed by atoms with Crippen molar-refractivity contribution in [2.24, 2.45) is 0 Å². The van der Waals surface area contributed by atoms with Crippen molar-refractivity contribution < 1.29 is 31.8 Å². The fourth-order valence-corrected chi connectivity index (χ4v) is 5.80. The van der Waals surface area contributed by atoms with Crippen LogP contribution in [0, 0.1) is 17.7 Å². The molecule has 0 amide bonds. The summed E-state index contributed by atoms with van der Waals surface area (Å²) in [6, 6.07) is 15.4. The zero-order valence-electron chi connectivity index (χ0n) is 25.5. The van der Waals surface area contributed by atoms with E-state index in [1.165, 1.54) is 18.7 Å². The van der Waals surface area contributed by atoms with E-state index in [1.807, 2.05) is 24.3 Å². The lowest BCUT2D eigenvalue weighted by Crippen LogP contribution is -2.30. The second kappa shape index (κ2) is 13.9. The predicted molar refractivity (Wildman–Crippen MR) is 168 cm³/mol. The molecule has 1 atom stereocenters. The minimum Gasteiger partial charge on any atom is -0.497 e. The number of methoxy groups -OCH3 is 2. The van der Waals surface area contributed by atoms with Crippen LogP contribution in [-0.2, 0) is 37.0 Å². The highest BCUT2D eigenvalue weighted by Gasteiger charge is 2.42. The molecule has 4 aromatic rings. The van der Waals surface area contributed by atoms with Gasteiger partial charge in [-0.3, -0.25) is 4.79 Å². The highest BCUT2D eigenvalue weighted by Crippen LogP contribution is 2.45. The number of halogens is 4. The summed E-state index contributed by atoms with van der Waals surface area (Å²) in [4.78, 5) is 21.3. The Morgan fingerprint density at radius 3 is 2.13 bits per heavy atom. The van der Waals surface area contributed by atoms with Crippen LogP contribution < -0.4 is 19.9 Å². The van der Waals surface area contributed by atoms with E-state index in [4.69, 9.17) is 14.2 Å². The van der Waals surface area contributed by atoms with Gasteiger partial charge in [-0.25, -0.2) is 9.37 Å². The first-order valence-electron chi connectivity index (χ1n) is 14.2. The molecule has 7 nitrogen and oxygen atoms in total. The number of rotatable bonds is 9. The average Bonchev–Trinajstić information content (AvgIpc) is 3.04. The van der Waals surface area contributed by atoms with Crippen LogP contribution in [0.4, 0.5) is 23.2 Å². The molecular formula is C34H31F4N3O4S. The number of H-pyrrole nitrogens is 1. The predicted octanol–water partition coefficient (Wildman–Crippen LogP) is 7.06. The molecule has 0 fully saturated rings. The van der Waals surface area contributed by atoms with E-state index < -0.39 is 34.8 Å². The number of thioether (sulfide) groups is 1. The number of benzene rings is 3.